The Kier molecular flexibility index (Phi) is 10.5. The van der Waals surface area contributed by atoms with Crippen LogP contribution >= 0.6 is 0 Å². The Labute approximate surface area is 102 Å². The highest BCUT2D eigenvalue weighted by atomic mass is 19.1. The maximum absolute atomic E-state index is 11.7. The van der Waals surface area contributed by atoms with Gasteiger partial charge in [0.15, 0.2) is 0 Å². The van der Waals surface area contributed by atoms with Crippen molar-refractivity contribution in [2.45, 2.75) is 18.9 Å². The first-order chi connectivity index (χ1) is 8.28. The fourth-order valence-corrected chi connectivity index (χ4v) is 1.51. The molecule has 0 aromatic carbocycles. The van der Waals surface area contributed by atoms with Gasteiger partial charge in [-0.25, -0.2) is 4.39 Å². The molecule has 0 radical (unpaired) electrons. The number of aliphatic hydroxyl groups excluding tert-OH is 1. The van der Waals surface area contributed by atoms with Crippen molar-refractivity contribution in [2.75, 3.05) is 26.2 Å². The number of unbranched alkanes of at least 4 members (excludes halogenated alkanes) is 1. The lowest BCUT2D eigenvalue weighted by Crippen LogP contribution is -2.43. The van der Waals surface area contributed by atoms with Gasteiger partial charge >= 0.3 is 0 Å². The van der Waals surface area contributed by atoms with E-state index < -0.39 is 0 Å². The summed E-state index contributed by atoms with van der Waals surface area (Å²) in [4.78, 5) is 12.4. The highest BCUT2D eigenvalue weighted by molar-refractivity contribution is 5.46. The molecule has 0 rings (SSSR count). The maximum Gasteiger partial charge on any atom is 0.207 e. The third kappa shape index (κ3) is 8.59. The number of allylic oxidation sites excluding steroid dienone is 1. The van der Waals surface area contributed by atoms with E-state index in [9.17, 15) is 9.18 Å². The summed E-state index contributed by atoms with van der Waals surface area (Å²) in [7, 11) is 0. The second kappa shape index (κ2) is 11.3. The smallest absolute Gasteiger partial charge is 0.207 e. The Morgan fingerprint density at radius 2 is 2.29 bits per heavy atom. The summed E-state index contributed by atoms with van der Waals surface area (Å²) in [6.45, 7) is 5.56. The lowest BCUT2D eigenvalue weighted by molar-refractivity contribution is -0.110. The topological polar surface area (TPSA) is 52.6 Å². The fourth-order valence-electron chi connectivity index (χ4n) is 1.51. The van der Waals surface area contributed by atoms with Crippen LogP contribution < -0.4 is 5.32 Å². The van der Waals surface area contributed by atoms with Crippen molar-refractivity contribution in [3.63, 3.8) is 0 Å². The van der Waals surface area contributed by atoms with Crippen molar-refractivity contribution in [2.24, 2.45) is 0 Å². The molecule has 4 nitrogen and oxygen atoms in total. The first kappa shape index (κ1) is 15.8. The van der Waals surface area contributed by atoms with Gasteiger partial charge in [0, 0.05) is 13.1 Å². The molecule has 0 aromatic heterocycles. The summed E-state index contributed by atoms with van der Waals surface area (Å²) < 4.78 is 11.7. The molecule has 98 valence electrons. The minimum absolute atomic E-state index is 0.100. The Hall–Kier alpha value is -1.20. The van der Waals surface area contributed by atoms with Crippen LogP contribution in [0.5, 0.6) is 0 Å². The number of aliphatic hydroxyl groups is 1. The minimum Gasteiger partial charge on any atom is -0.394 e. The largest absolute Gasteiger partial charge is 0.394 e. The number of nitrogens with zero attached hydrogens (tertiary/aromatic N) is 1. The van der Waals surface area contributed by atoms with Crippen LogP contribution in [-0.2, 0) is 4.79 Å². The second-order valence-electron chi connectivity index (χ2n) is 3.72. The van der Waals surface area contributed by atoms with Crippen LogP contribution in [0.2, 0.25) is 0 Å². The van der Waals surface area contributed by atoms with Crippen molar-refractivity contribution in [1.29, 1.82) is 0 Å². The van der Waals surface area contributed by atoms with E-state index in [2.05, 4.69) is 16.8 Å². The summed E-state index contributed by atoms with van der Waals surface area (Å²) in [5, 5.41) is 11.6. The Morgan fingerprint density at radius 3 is 2.82 bits per heavy atom. The molecule has 0 aliphatic rings. The SMILES string of the molecule is C=CCN(CCC/C=C/F)CC(CO)NC=O. The molecule has 0 saturated heterocycles. The molecule has 1 unspecified atom stereocenters. The van der Waals surface area contributed by atoms with Gasteiger partial charge in [-0.05, 0) is 19.4 Å². The third-order valence-corrected chi connectivity index (χ3v) is 2.32. The zero-order valence-corrected chi connectivity index (χ0v) is 10.0. The summed E-state index contributed by atoms with van der Waals surface area (Å²) in [5.41, 5.74) is 0. The van der Waals surface area contributed by atoms with Crippen molar-refractivity contribution in [1.82, 2.24) is 10.2 Å². The summed E-state index contributed by atoms with van der Waals surface area (Å²) in [6, 6.07) is -0.274. The number of rotatable bonds is 11. The van der Waals surface area contributed by atoms with Gasteiger partial charge < -0.3 is 10.4 Å². The van der Waals surface area contributed by atoms with Crippen LogP contribution in [-0.4, -0.2) is 48.7 Å². The van der Waals surface area contributed by atoms with Crippen LogP contribution in [0.15, 0.2) is 25.1 Å². The standard InChI is InChI=1S/C12H21FN2O2/c1-2-7-15(8-5-3-4-6-13)9-12(10-16)14-11-17/h2,4,6,11-12,16H,1,3,5,7-10H2,(H,14,17)/b6-4+. The van der Waals surface area contributed by atoms with Crippen LogP contribution in [0.25, 0.3) is 0 Å². The van der Waals surface area contributed by atoms with Crippen LogP contribution in [0.1, 0.15) is 12.8 Å². The maximum atomic E-state index is 11.7. The number of hydrogen-bond donors (Lipinski definition) is 2. The molecule has 0 fully saturated rings. The van der Waals surface area contributed by atoms with Crippen LogP contribution in [0.4, 0.5) is 4.39 Å². The van der Waals surface area contributed by atoms with E-state index in [0.29, 0.717) is 32.3 Å². The lowest BCUT2D eigenvalue weighted by Gasteiger charge is -2.24. The van der Waals surface area contributed by atoms with E-state index in [1.54, 1.807) is 6.08 Å². The van der Waals surface area contributed by atoms with Gasteiger partial charge in [0.2, 0.25) is 6.41 Å². The molecule has 2 N–H and O–H groups in total. The number of carbonyl (C=O) groups is 1. The van der Waals surface area contributed by atoms with Gasteiger partial charge in [-0.15, -0.1) is 6.58 Å². The van der Waals surface area contributed by atoms with E-state index in [1.807, 2.05) is 0 Å². The summed E-state index contributed by atoms with van der Waals surface area (Å²) in [5.74, 6) is 0. The van der Waals surface area contributed by atoms with Gasteiger partial charge in [0.1, 0.15) is 0 Å². The number of carbonyl (C=O) groups excluding carboxylic acids is 1. The van der Waals surface area contributed by atoms with E-state index in [0.717, 1.165) is 13.0 Å². The van der Waals surface area contributed by atoms with E-state index in [-0.39, 0.29) is 12.6 Å². The van der Waals surface area contributed by atoms with Crippen molar-refractivity contribution >= 4 is 6.41 Å². The molecular formula is C12H21FN2O2. The molecule has 5 heteroatoms. The zero-order valence-electron chi connectivity index (χ0n) is 10.0. The fraction of sp³-hybridized carbons (Fsp3) is 0.583. The van der Waals surface area contributed by atoms with E-state index >= 15 is 0 Å². The van der Waals surface area contributed by atoms with Crippen molar-refractivity contribution in [3.05, 3.63) is 25.1 Å². The molecule has 0 spiro atoms. The zero-order chi connectivity index (χ0) is 12.9. The number of amides is 1. The third-order valence-electron chi connectivity index (χ3n) is 2.32. The number of nitrogens with one attached hydrogen (secondary N) is 1. The minimum atomic E-state index is -0.274. The van der Waals surface area contributed by atoms with Gasteiger partial charge in [0.25, 0.3) is 0 Å². The summed E-state index contributed by atoms with van der Waals surface area (Å²) in [6.07, 6.45) is 5.86. The van der Waals surface area contributed by atoms with Crippen LogP contribution in [0, 0.1) is 0 Å². The molecule has 1 atom stereocenters. The molecule has 0 saturated carbocycles. The van der Waals surface area contributed by atoms with Crippen molar-refractivity contribution in [3.8, 4) is 0 Å². The lowest BCUT2D eigenvalue weighted by atomic mass is 10.2. The number of halogens is 1. The highest BCUT2D eigenvalue weighted by Gasteiger charge is 2.11. The van der Waals surface area contributed by atoms with Gasteiger partial charge in [-0.1, -0.05) is 12.2 Å². The predicted octanol–water partition coefficient (Wildman–Crippen LogP) is 0.845. The monoisotopic (exact) mass is 244 g/mol. The molecule has 0 aromatic rings. The van der Waals surface area contributed by atoms with Gasteiger partial charge in [-0.3, -0.25) is 9.69 Å². The van der Waals surface area contributed by atoms with Gasteiger partial charge in [-0.2, -0.15) is 0 Å². The van der Waals surface area contributed by atoms with Gasteiger partial charge in [0.05, 0.1) is 19.0 Å². The normalized spacial score (nSPS) is 12.9. The molecule has 0 aliphatic carbocycles. The quantitative estimate of drug-likeness (QED) is 0.322. The number of hydrogen-bond acceptors (Lipinski definition) is 3. The Balaban J connectivity index is 4.01. The average molecular weight is 244 g/mol. The van der Waals surface area contributed by atoms with E-state index in [1.165, 1.54) is 6.08 Å². The Bertz CT molecular complexity index is 235. The highest BCUT2D eigenvalue weighted by Crippen LogP contribution is 1.99. The Morgan fingerprint density at radius 1 is 1.53 bits per heavy atom. The predicted molar refractivity (Wildman–Crippen MR) is 66.2 cm³/mol. The first-order valence-corrected chi connectivity index (χ1v) is 5.67. The second-order valence-corrected chi connectivity index (χ2v) is 3.72. The molecular weight excluding hydrogens is 223 g/mol. The molecule has 0 aliphatic heterocycles. The average Bonchev–Trinajstić information content (AvgIpc) is 2.34. The van der Waals surface area contributed by atoms with Crippen LogP contribution in [0.3, 0.4) is 0 Å². The molecule has 17 heavy (non-hydrogen) atoms. The van der Waals surface area contributed by atoms with Crippen molar-refractivity contribution < 1.29 is 14.3 Å². The first-order valence-electron chi connectivity index (χ1n) is 5.67. The van der Waals surface area contributed by atoms with E-state index in [4.69, 9.17) is 5.11 Å². The molecule has 0 bridgehead atoms. The molecule has 1 amide bonds. The summed E-state index contributed by atoms with van der Waals surface area (Å²) >= 11 is 0. The molecule has 0 heterocycles.